The summed E-state index contributed by atoms with van der Waals surface area (Å²) in [7, 11) is 1.14. The standard InChI is InChI=1S/C21H22ClFN4O4/c1-29-19-12-18-15(11-20(19)31-9-6-26-4-7-30-8-5-26)21(25-13-24-18)27(28)14-2-3-17(23)16(22)10-14/h2-3,10-13,28H,4-9H2,1H3/i4D2,5D2,6D2,7D2,8D2,9D2. The van der Waals surface area contributed by atoms with Gasteiger partial charge in [0.1, 0.15) is 18.7 Å². The minimum absolute atomic E-state index is 0.0447. The first-order valence-corrected chi connectivity index (χ1v) is 8.86. The highest BCUT2D eigenvalue weighted by Crippen LogP contribution is 2.36. The number of hydrogen-bond donors (Lipinski definition) is 1. The largest absolute Gasteiger partial charge is 0.493 e. The van der Waals surface area contributed by atoms with E-state index < -0.39 is 55.6 Å². The van der Waals surface area contributed by atoms with E-state index in [4.69, 9.17) is 37.5 Å². The molecule has 1 N–H and O–H groups in total. The van der Waals surface area contributed by atoms with Crippen molar-refractivity contribution in [2.24, 2.45) is 0 Å². The maximum atomic E-state index is 13.7. The number of benzene rings is 2. The lowest BCUT2D eigenvalue weighted by molar-refractivity contribution is 0.0321. The molecule has 2 heterocycles. The van der Waals surface area contributed by atoms with E-state index in [-0.39, 0.29) is 33.2 Å². The van der Waals surface area contributed by atoms with Crippen LogP contribution in [-0.2, 0) is 4.74 Å². The number of fused-ring (bicyclic) bond motifs is 1. The highest BCUT2D eigenvalue weighted by Gasteiger charge is 2.18. The Hall–Kier alpha value is -2.72. The number of hydrogen-bond acceptors (Lipinski definition) is 8. The van der Waals surface area contributed by atoms with E-state index >= 15 is 0 Å². The van der Waals surface area contributed by atoms with E-state index in [9.17, 15) is 9.60 Å². The Labute approximate surface area is 200 Å². The summed E-state index contributed by atoms with van der Waals surface area (Å²) in [4.78, 5) is 7.43. The van der Waals surface area contributed by atoms with Crippen molar-refractivity contribution in [1.29, 1.82) is 0 Å². The Bertz CT molecular complexity index is 1540. The molecule has 1 fully saturated rings. The summed E-state index contributed by atoms with van der Waals surface area (Å²) in [6.07, 6.45) is 1.05. The molecule has 0 amide bonds. The number of rotatable bonds is 7. The third kappa shape index (κ3) is 4.80. The first kappa shape index (κ1) is 11.2. The second kappa shape index (κ2) is 9.61. The van der Waals surface area contributed by atoms with Crippen LogP contribution in [-0.4, -0.2) is 66.4 Å². The summed E-state index contributed by atoms with van der Waals surface area (Å²) in [6.45, 7) is -22.6. The number of aromatic nitrogens is 2. The summed E-state index contributed by atoms with van der Waals surface area (Å²) in [6, 6.07) is 5.45. The average Bonchev–Trinajstić information content (AvgIpc) is 2.87. The monoisotopic (exact) mass is 460 g/mol. The first-order chi connectivity index (χ1) is 19.5. The second-order valence-corrected chi connectivity index (χ2v) is 6.22. The molecule has 1 saturated heterocycles. The van der Waals surface area contributed by atoms with Gasteiger partial charge in [0.25, 0.3) is 0 Å². The number of anilines is 2. The molecule has 1 aliphatic heterocycles. The molecule has 0 atom stereocenters. The van der Waals surface area contributed by atoms with Gasteiger partial charge in [-0.1, -0.05) is 11.6 Å². The van der Waals surface area contributed by atoms with Crippen molar-refractivity contribution >= 4 is 34.0 Å². The molecule has 31 heavy (non-hydrogen) atoms. The van der Waals surface area contributed by atoms with Crippen molar-refractivity contribution in [3.8, 4) is 11.5 Å². The average molecular weight is 461 g/mol. The molecule has 0 saturated carbocycles. The van der Waals surface area contributed by atoms with Gasteiger partial charge in [-0.05, 0) is 24.3 Å². The number of methoxy groups -OCH3 is 1. The summed E-state index contributed by atoms with van der Waals surface area (Å²) >= 11 is 5.81. The second-order valence-electron chi connectivity index (χ2n) is 5.81. The van der Waals surface area contributed by atoms with Crippen LogP contribution in [0.5, 0.6) is 11.5 Å². The fourth-order valence-corrected chi connectivity index (χ4v) is 2.74. The SMILES string of the molecule is [2H]C([2H])(Oc1cc2c(N(O)c3ccc(F)c(Cl)c3)ncnc2cc1OC)C([2H])([2H])N1C([2H])([2H])C([2H])([2H])OC([2H])([2H])C1([2H])[2H]. The molecule has 3 aromatic rings. The highest BCUT2D eigenvalue weighted by atomic mass is 35.5. The molecule has 4 rings (SSSR count). The molecule has 2 aromatic carbocycles. The molecule has 1 aliphatic rings. The van der Waals surface area contributed by atoms with Crippen molar-refractivity contribution in [3.05, 3.63) is 47.5 Å². The Balaban J connectivity index is 1.83. The molecule has 10 heteroatoms. The maximum absolute atomic E-state index is 13.7. The molecule has 164 valence electrons. The van der Waals surface area contributed by atoms with Gasteiger partial charge in [-0.25, -0.2) is 19.4 Å². The normalized spacial score (nSPS) is 27.7. The third-order valence-electron chi connectivity index (χ3n) is 3.98. The summed E-state index contributed by atoms with van der Waals surface area (Å²) in [5.74, 6) is -1.87. The van der Waals surface area contributed by atoms with Crippen LogP contribution in [0.25, 0.3) is 10.9 Å². The van der Waals surface area contributed by atoms with Crippen LogP contribution < -0.4 is 14.5 Å². The summed E-state index contributed by atoms with van der Waals surface area (Å²) in [5, 5.41) is 11.0. The Morgan fingerprint density at radius 2 is 2.10 bits per heavy atom. The van der Waals surface area contributed by atoms with E-state index in [1.54, 1.807) is 0 Å². The van der Waals surface area contributed by atoms with Crippen LogP contribution in [0.4, 0.5) is 15.9 Å². The number of morpholine rings is 1. The van der Waals surface area contributed by atoms with E-state index in [1.807, 2.05) is 0 Å². The van der Waals surface area contributed by atoms with Crippen molar-refractivity contribution < 1.29 is 40.3 Å². The van der Waals surface area contributed by atoms with Crippen molar-refractivity contribution in [1.82, 2.24) is 14.9 Å². The van der Waals surface area contributed by atoms with E-state index in [0.29, 0.717) is 5.06 Å². The van der Waals surface area contributed by atoms with Crippen LogP contribution >= 0.6 is 11.6 Å². The molecule has 1 aromatic heterocycles. The predicted octanol–water partition coefficient (Wildman–Crippen LogP) is 3.67. The van der Waals surface area contributed by atoms with E-state index in [0.717, 1.165) is 31.6 Å². The van der Waals surface area contributed by atoms with Crippen LogP contribution in [0, 0.1) is 5.82 Å². The van der Waals surface area contributed by atoms with Gasteiger partial charge in [0.2, 0.25) is 0 Å². The zero-order valence-corrected chi connectivity index (χ0v) is 16.4. The Morgan fingerprint density at radius 1 is 1.29 bits per heavy atom. The molecule has 0 aliphatic carbocycles. The number of nitrogens with zero attached hydrogens (tertiary/aromatic N) is 4. The minimum atomic E-state index is -3.95. The van der Waals surface area contributed by atoms with Gasteiger partial charge in [-0.2, -0.15) is 0 Å². The molecule has 0 spiro atoms. The molecule has 8 nitrogen and oxygen atoms in total. The number of ether oxygens (including phenoxy) is 3. The lowest BCUT2D eigenvalue weighted by Gasteiger charge is -2.26. The predicted molar refractivity (Wildman–Crippen MR) is 114 cm³/mol. The van der Waals surface area contributed by atoms with Crippen molar-refractivity contribution in [3.63, 3.8) is 0 Å². The van der Waals surface area contributed by atoms with Crippen LogP contribution in [0.3, 0.4) is 0 Å². The summed E-state index contributed by atoms with van der Waals surface area (Å²) in [5.41, 5.74) is 0.0453. The van der Waals surface area contributed by atoms with Gasteiger partial charge >= 0.3 is 0 Å². The first-order valence-electron chi connectivity index (χ1n) is 14.5. The fraction of sp³-hybridized carbons (Fsp3) is 0.333. The minimum Gasteiger partial charge on any atom is -0.493 e. The quantitative estimate of drug-likeness (QED) is 0.535. The van der Waals surface area contributed by atoms with Gasteiger partial charge in [0.05, 0.1) is 44.7 Å². The highest BCUT2D eigenvalue weighted by molar-refractivity contribution is 6.31. The molecular weight excluding hydrogens is 427 g/mol. The van der Waals surface area contributed by atoms with Gasteiger partial charge in [-0.15, -0.1) is 0 Å². The zero-order chi connectivity index (χ0) is 32.6. The van der Waals surface area contributed by atoms with Crippen LogP contribution in [0.1, 0.15) is 16.4 Å². The van der Waals surface area contributed by atoms with Gasteiger partial charge in [-0.3, -0.25) is 10.1 Å². The molecule has 0 unspecified atom stereocenters. The topological polar surface area (TPSA) is 80.2 Å². The van der Waals surface area contributed by atoms with Crippen molar-refractivity contribution in [2.45, 2.75) is 0 Å². The van der Waals surface area contributed by atoms with Crippen molar-refractivity contribution in [2.75, 3.05) is 51.3 Å². The Morgan fingerprint density at radius 3 is 2.84 bits per heavy atom. The number of halogens is 2. The van der Waals surface area contributed by atoms with Gasteiger partial charge in [0, 0.05) is 39.2 Å². The van der Waals surface area contributed by atoms with Gasteiger partial charge < -0.3 is 14.2 Å². The lowest BCUT2D eigenvalue weighted by atomic mass is 10.2. The maximum Gasteiger partial charge on any atom is 0.169 e. The lowest BCUT2D eigenvalue weighted by Crippen LogP contribution is -2.38. The fourth-order valence-electron chi connectivity index (χ4n) is 2.57. The molecule has 0 radical (unpaired) electrons. The Kier molecular flexibility index (Phi) is 3.48. The zero-order valence-electron chi connectivity index (χ0n) is 27.7. The van der Waals surface area contributed by atoms with E-state index in [2.05, 4.69) is 14.7 Å². The smallest absolute Gasteiger partial charge is 0.169 e. The van der Waals surface area contributed by atoms with Crippen LogP contribution in [0.2, 0.25) is 5.02 Å². The van der Waals surface area contributed by atoms with Crippen LogP contribution in [0.15, 0.2) is 36.7 Å². The third-order valence-corrected chi connectivity index (χ3v) is 4.27. The summed E-state index contributed by atoms with van der Waals surface area (Å²) < 4.78 is 126. The van der Waals surface area contributed by atoms with Gasteiger partial charge in [0.15, 0.2) is 17.3 Å². The molecular formula is C21H22ClFN4O4. The molecule has 0 bridgehead atoms. The van der Waals surface area contributed by atoms with E-state index in [1.165, 1.54) is 12.1 Å².